The summed E-state index contributed by atoms with van der Waals surface area (Å²) in [5, 5.41) is 4.26. The Morgan fingerprint density at radius 2 is 2.36 bits per heavy atom. The molecule has 0 aliphatic carbocycles. The maximum atomic E-state index is 4.26. The number of nitrogens with zero attached hydrogens (tertiary/aromatic N) is 2. The SMILES string of the molecule is Cc1cc(C)n(CC#CI)n1. The molecule has 0 aliphatic heterocycles. The third-order valence-corrected chi connectivity index (χ3v) is 1.78. The Bertz CT molecular complexity index is 304. The van der Waals surface area contributed by atoms with Gasteiger partial charge >= 0.3 is 0 Å². The second-order valence-corrected chi connectivity index (χ2v) is 2.90. The van der Waals surface area contributed by atoms with Crippen molar-refractivity contribution in [2.45, 2.75) is 20.4 Å². The second kappa shape index (κ2) is 3.77. The van der Waals surface area contributed by atoms with Crippen LogP contribution in [-0.4, -0.2) is 9.78 Å². The standard InChI is InChI=1S/C8H9IN2/c1-7-6-8(2)11(10-7)5-3-4-9/h6H,5H2,1-2H3. The van der Waals surface area contributed by atoms with Gasteiger partial charge in [0.05, 0.1) is 5.69 Å². The Balaban J connectivity index is 2.82. The molecule has 1 aromatic heterocycles. The van der Waals surface area contributed by atoms with Crippen LogP contribution in [-0.2, 0) is 6.54 Å². The number of hydrogen-bond donors (Lipinski definition) is 0. The van der Waals surface area contributed by atoms with Gasteiger partial charge in [-0.2, -0.15) is 5.10 Å². The summed E-state index contributed by atoms with van der Waals surface area (Å²) >= 11 is 2.03. The predicted molar refractivity (Wildman–Crippen MR) is 53.5 cm³/mol. The molecular weight excluding hydrogens is 251 g/mol. The topological polar surface area (TPSA) is 17.8 Å². The van der Waals surface area contributed by atoms with Crippen molar-refractivity contribution in [2.24, 2.45) is 0 Å². The van der Waals surface area contributed by atoms with E-state index in [0.29, 0.717) is 6.54 Å². The van der Waals surface area contributed by atoms with Crippen LogP contribution in [0.15, 0.2) is 6.07 Å². The highest BCUT2D eigenvalue weighted by molar-refractivity contribution is 14.1. The molecule has 3 heteroatoms. The Morgan fingerprint density at radius 1 is 1.64 bits per heavy atom. The summed E-state index contributed by atoms with van der Waals surface area (Å²) in [5.41, 5.74) is 2.22. The summed E-state index contributed by atoms with van der Waals surface area (Å²) in [6, 6.07) is 2.05. The van der Waals surface area contributed by atoms with E-state index in [9.17, 15) is 0 Å². The average Bonchev–Trinajstić information content (AvgIpc) is 2.26. The summed E-state index contributed by atoms with van der Waals surface area (Å²) in [7, 11) is 0. The minimum atomic E-state index is 0.697. The molecule has 11 heavy (non-hydrogen) atoms. The molecule has 0 saturated carbocycles. The van der Waals surface area contributed by atoms with E-state index in [2.05, 4.69) is 21.0 Å². The fourth-order valence-corrected chi connectivity index (χ4v) is 1.11. The van der Waals surface area contributed by atoms with Gasteiger partial charge in [-0.25, -0.2) is 0 Å². The van der Waals surface area contributed by atoms with E-state index in [1.54, 1.807) is 0 Å². The van der Waals surface area contributed by atoms with Crippen LogP contribution in [0.3, 0.4) is 0 Å². The molecule has 1 aromatic rings. The molecule has 0 radical (unpaired) electrons. The molecule has 58 valence electrons. The number of halogens is 1. The zero-order valence-corrected chi connectivity index (χ0v) is 8.71. The lowest BCUT2D eigenvalue weighted by Gasteiger charge is -1.95. The van der Waals surface area contributed by atoms with Crippen molar-refractivity contribution in [3.8, 4) is 9.85 Å². The number of aryl methyl sites for hydroxylation is 2. The van der Waals surface area contributed by atoms with Gasteiger partial charge in [-0.1, -0.05) is 5.92 Å². The summed E-state index contributed by atoms with van der Waals surface area (Å²) in [6.45, 7) is 4.72. The first-order valence-corrected chi connectivity index (χ1v) is 4.41. The fraction of sp³-hybridized carbons (Fsp3) is 0.375. The molecule has 0 saturated heterocycles. The van der Waals surface area contributed by atoms with E-state index in [1.807, 2.05) is 41.1 Å². The first kappa shape index (κ1) is 8.60. The normalized spacial score (nSPS) is 9.00. The van der Waals surface area contributed by atoms with Crippen molar-refractivity contribution >= 4 is 22.6 Å². The van der Waals surface area contributed by atoms with Gasteiger partial charge < -0.3 is 0 Å². The Labute approximate surface area is 80.1 Å². The lowest BCUT2D eigenvalue weighted by Crippen LogP contribution is -1.99. The summed E-state index contributed by atoms with van der Waals surface area (Å²) in [6.07, 6.45) is 0. The van der Waals surface area contributed by atoms with Crippen LogP contribution < -0.4 is 0 Å². The third-order valence-electron chi connectivity index (χ3n) is 1.40. The Hall–Kier alpha value is -0.500. The maximum Gasteiger partial charge on any atom is 0.103 e. The highest BCUT2D eigenvalue weighted by atomic mass is 127. The molecule has 0 amide bonds. The highest BCUT2D eigenvalue weighted by Crippen LogP contribution is 2.00. The van der Waals surface area contributed by atoms with Gasteiger partial charge in [0, 0.05) is 28.3 Å². The number of rotatable bonds is 1. The summed E-state index contributed by atoms with van der Waals surface area (Å²) in [4.78, 5) is 0. The molecular formula is C8H9IN2. The van der Waals surface area contributed by atoms with E-state index in [0.717, 1.165) is 5.69 Å². The van der Waals surface area contributed by atoms with E-state index in [4.69, 9.17) is 0 Å². The van der Waals surface area contributed by atoms with Gasteiger partial charge in [-0.15, -0.1) is 0 Å². The van der Waals surface area contributed by atoms with E-state index >= 15 is 0 Å². The molecule has 0 aliphatic rings. The van der Waals surface area contributed by atoms with Crippen molar-refractivity contribution < 1.29 is 0 Å². The third kappa shape index (κ3) is 2.22. The zero-order valence-electron chi connectivity index (χ0n) is 6.56. The second-order valence-electron chi connectivity index (χ2n) is 2.36. The molecule has 0 atom stereocenters. The number of aromatic nitrogens is 2. The van der Waals surface area contributed by atoms with Gasteiger partial charge in [0.1, 0.15) is 6.54 Å². The van der Waals surface area contributed by atoms with Crippen LogP contribution in [0.4, 0.5) is 0 Å². The average molecular weight is 260 g/mol. The van der Waals surface area contributed by atoms with Crippen LogP contribution >= 0.6 is 22.6 Å². The van der Waals surface area contributed by atoms with Crippen LogP contribution in [0.2, 0.25) is 0 Å². The Kier molecular flexibility index (Phi) is 2.94. The van der Waals surface area contributed by atoms with Crippen molar-refractivity contribution in [1.82, 2.24) is 9.78 Å². The van der Waals surface area contributed by atoms with Crippen LogP contribution in [0.5, 0.6) is 0 Å². The summed E-state index contributed by atoms with van der Waals surface area (Å²) in [5.74, 6) is 2.96. The van der Waals surface area contributed by atoms with Gasteiger partial charge in [0.2, 0.25) is 0 Å². The van der Waals surface area contributed by atoms with Crippen LogP contribution in [0.1, 0.15) is 11.4 Å². The lowest BCUT2D eigenvalue weighted by molar-refractivity contribution is 0.684. The molecule has 0 spiro atoms. The molecule has 0 fully saturated rings. The Morgan fingerprint density at radius 3 is 2.82 bits per heavy atom. The monoisotopic (exact) mass is 260 g/mol. The van der Waals surface area contributed by atoms with Gasteiger partial charge in [-0.05, 0) is 23.8 Å². The first-order valence-electron chi connectivity index (χ1n) is 3.33. The molecule has 0 N–H and O–H groups in total. The minimum absolute atomic E-state index is 0.697. The van der Waals surface area contributed by atoms with Gasteiger partial charge in [-0.3, -0.25) is 4.68 Å². The molecule has 1 heterocycles. The highest BCUT2D eigenvalue weighted by Gasteiger charge is 1.96. The predicted octanol–water partition coefficient (Wildman–Crippen LogP) is 1.90. The molecule has 2 nitrogen and oxygen atoms in total. The zero-order chi connectivity index (χ0) is 8.27. The van der Waals surface area contributed by atoms with Crippen molar-refractivity contribution in [3.05, 3.63) is 17.5 Å². The fourth-order valence-electron chi connectivity index (χ4n) is 0.940. The molecule has 0 unspecified atom stereocenters. The van der Waals surface area contributed by atoms with Gasteiger partial charge in [0.25, 0.3) is 0 Å². The van der Waals surface area contributed by atoms with E-state index in [-0.39, 0.29) is 0 Å². The van der Waals surface area contributed by atoms with Crippen molar-refractivity contribution in [2.75, 3.05) is 0 Å². The quantitative estimate of drug-likeness (QED) is 0.557. The van der Waals surface area contributed by atoms with Crippen LogP contribution in [0.25, 0.3) is 0 Å². The lowest BCUT2D eigenvalue weighted by atomic mass is 10.4. The summed E-state index contributed by atoms with van der Waals surface area (Å²) < 4.78 is 4.72. The van der Waals surface area contributed by atoms with Crippen molar-refractivity contribution in [3.63, 3.8) is 0 Å². The minimum Gasteiger partial charge on any atom is -0.258 e. The van der Waals surface area contributed by atoms with E-state index < -0.39 is 0 Å². The number of hydrogen-bond acceptors (Lipinski definition) is 1. The van der Waals surface area contributed by atoms with Gasteiger partial charge in [0.15, 0.2) is 0 Å². The molecule has 0 bridgehead atoms. The first-order chi connectivity index (χ1) is 5.24. The largest absolute Gasteiger partial charge is 0.258 e. The molecule has 1 rings (SSSR count). The van der Waals surface area contributed by atoms with Crippen LogP contribution in [0, 0.1) is 23.7 Å². The van der Waals surface area contributed by atoms with Crippen molar-refractivity contribution in [1.29, 1.82) is 0 Å². The van der Waals surface area contributed by atoms with E-state index in [1.165, 1.54) is 5.69 Å². The maximum absolute atomic E-state index is 4.26. The smallest absolute Gasteiger partial charge is 0.103 e. The molecule has 0 aromatic carbocycles.